The van der Waals surface area contributed by atoms with Crippen molar-refractivity contribution in [1.82, 2.24) is 0 Å². The van der Waals surface area contributed by atoms with Gasteiger partial charge in [0.1, 0.15) is 17.2 Å². The van der Waals surface area contributed by atoms with E-state index in [1.165, 1.54) is 17.0 Å². The van der Waals surface area contributed by atoms with Gasteiger partial charge in [0, 0.05) is 11.3 Å². The third-order valence-corrected chi connectivity index (χ3v) is 6.00. The van der Waals surface area contributed by atoms with Crippen molar-refractivity contribution in [3.05, 3.63) is 90.1 Å². The largest absolute Gasteiger partial charge is 0.573 e. The molecule has 3 aromatic carbocycles. The Labute approximate surface area is 221 Å². The van der Waals surface area contributed by atoms with Crippen LogP contribution in [-0.2, 0) is 9.59 Å². The van der Waals surface area contributed by atoms with Crippen molar-refractivity contribution in [2.24, 2.45) is 4.99 Å². The summed E-state index contributed by atoms with van der Waals surface area (Å²) in [6.45, 7) is 2.33. The molecule has 1 aliphatic rings. The number of nitrogens with zero attached hydrogens (tertiary/aromatic N) is 2. The van der Waals surface area contributed by atoms with Gasteiger partial charge in [-0.05, 0) is 55.5 Å². The van der Waals surface area contributed by atoms with Crippen molar-refractivity contribution in [2.75, 3.05) is 22.6 Å². The lowest BCUT2D eigenvalue weighted by Crippen LogP contribution is -2.31. The second-order valence-corrected chi connectivity index (χ2v) is 8.72. The van der Waals surface area contributed by atoms with Crippen LogP contribution in [0.2, 0.25) is 0 Å². The van der Waals surface area contributed by atoms with Crippen LogP contribution in [0.3, 0.4) is 0 Å². The summed E-state index contributed by atoms with van der Waals surface area (Å²) in [5.74, 6) is -0.664. The zero-order valence-electron chi connectivity index (χ0n) is 20.1. The summed E-state index contributed by atoms with van der Waals surface area (Å²) in [5, 5.41) is 2.92. The first-order chi connectivity index (χ1) is 18.2. The van der Waals surface area contributed by atoms with Crippen molar-refractivity contribution in [1.29, 1.82) is 0 Å². The summed E-state index contributed by atoms with van der Waals surface area (Å²) in [5.41, 5.74) is 1.76. The van der Waals surface area contributed by atoms with Crippen LogP contribution in [-0.4, -0.2) is 35.7 Å². The van der Waals surface area contributed by atoms with E-state index in [0.717, 1.165) is 23.9 Å². The number of hydrogen-bond donors (Lipinski definition) is 1. The predicted molar refractivity (Wildman–Crippen MR) is 141 cm³/mol. The molecule has 1 N–H and O–H groups in total. The molecule has 0 saturated carbocycles. The molecule has 38 heavy (non-hydrogen) atoms. The number of alkyl halides is 3. The number of anilines is 2. The first-order valence-electron chi connectivity index (χ1n) is 11.4. The van der Waals surface area contributed by atoms with E-state index in [4.69, 9.17) is 4.74 Å². The Bertz CT molecular complexity index is 1360. The van der Waals surface area contributed by atoms with Gasteiger partial charge in [0.05, 0.1) is 18.0 Å². The molecule has 0 aliphatic carbocycles. The van der Waals surface area contributed by atoms with E-state index in [-0.39, 0.29) is 17.4 Å². The van der Waals surface area contributed by atoms with Crippen LogP contribution in [0.4, 0.5) is 24.5 Å². The number of amidine groups is 1. The molecule has 1 heterocycles. The Kier molecular flexibility index (Phi) is 8.37. The van der Waals surface area contributed by atoms with Gasteiger partial charge in [0.15, 0.2) is 5.17 Å². The molecule has 0 radical (unpaired) electrons. The van der Waals surface area contributed by atoms with Gasteiger partial charge in [-0.25, -0.2) is 4.99 Å². The van der Waals surface area contributed by atoms with Gasteiger partial charge >= 0.3 is 6.36 Å². The monoisotopic (exact) mass is 541 g/mol. The summed E-state index contributed by atoms with van der Waals surface area (Å²) in [4.78, 5) is 31.9. The highest BCUT2D eigenvalue weighted by Gasteiger charge is 2.33. The van der Waals surface area contributed by atoms with Gasteiger partial charge in [0.2, 0.25) is 5.91 Å². The molecule has 0 spiro atoms. The number of para-hydroxylation sites is 2. The first-order valence-corrected chi connectivity index (χ1v) is 12.4. The summed E-state index contributed by atoms with van der Waals surface area (Å²) in [7, 11) is 0. The van der Waals surface area contributed by atoms with E-state index < -0.39 is 18.0 Å². The molecule has 0 unspecified atom stereocenters. The van der Waals surface area contributed by atoms with Crippen LogP contribution >= 0.6 is 11.8 Å². The highest BCUT2D eigenvalue weighted by atomic mass is 32.2. The Morgan fingerprint density at radius 1 is 1.03 bits per heavy atom. The second-order valence-electron chi connectivity index (χ2n) is 7.78. The normalized spacial score (nSPS) is 14.4. The Hall–Kier alpha value is -4.25. The minimum absolute atomic E-state index is 0.0982. The SMILES string of the molecule is CCOc1ccccc1C=C1N=C(SCC(=O)Nc2ccc(OC(F)(F)F)cc2)N(c2ccccc2)C1=O. The van der Waals surface area contributed by atoms with Gasteiger partial charge in [-0.3, -0.25) is 14.5 Å². The fraction of sp³-hybridized carbons (Fsp3) is 0.148. The number of carbonyl (C=O) groups is 2. The lowest BCUT2D eigenvalue weighted by molar-refractivity contribution is -0.274. The van der Waals surface area contributed by atoms with E-state index in [2.05, 4.69) is 15.0 Å². The maximum Gasteiger partial charge on any atom is 0.573 e. The first kappa shape index (κ1) is 26.8. The number of nitrogens with one attached hydrogen (secondary N) is 1. The van der Waals surface area contributed by atoms with Gasteiger partial charge in [-0.1, -0.05) is 48.2 Å². The summed E-state index contributed by atoms with van der Waals surface area (Å²) < 4.78 is 46.5. The van der Waals surface area contributed by atoms with Gasteiger partial charge in [-0.2, -0.15) is 0 Å². The van der Waals surface area contributed by atoms with Crippen molar-refractivity contribution < 1.29 is 32.2 Å². The van der Waals surface area contributed by atoms with Crippen LogP contribution in [0, 0.1) is 0 Å². The third-order valence-electron chi connectivity index (χ3n) is 5.06. The summed E-state index contributed by atoms with van der Waals surface area (Å²) in [6.07, 6.45) is -3.16. The molecule has 4 rings (SSSR count). The average Bonchev–Trinajstić information content (AvgIpc) is 3.19. The number of thioether (sulfide) groups is 1. The smallest absolute Gasteiger partial charge is 0.493 e. The molecule has 0 aromatic heterocycles. The molecule has 196 valence electrons. The zero-order chi connectivity index (χ0) is 27.1. The number of aliphatic imine (C=N–C) groups is 1. The van der Waals surface area contributed by atoms with Crippen LogP contribution in [0.25, 0.3) is 6.08 Å². The minimum atomic E-state index is -4.80. The molecule has 3 aromatic rings. The van der Waals surface area contributed by atoms with Crippen LogP contribution in [0.5, 0.6) is 11.5 Å². The lowest BCUT2D eigenvalue weighted by Gasteiger charge is -2.17. The standard InChI is InChI=1S/C27H22F3N3O4S/c1-2-36-23-11-7-6-8-18(23)16-22-25(35)33(20-9-4-3-5-10-20)26(32-22)38-17-24(34)31-19-12-14-21(15-13-19)37-27(28,29)30/h3-16H,2,17H2,1H3,(H,31,34). The van der Waals surface area contributed by atoms with E-state index in [9.17, 15) is 22.8 Å². The number of carbonyl (C=O) groups excluding carboxylic acids is 2. The molecule has 0 fully saturated rings. The molecule has 0 atom stereocenters. The van der Waals surface area contributed by atoms with E-state index in [1.807, 2.05) is 31.2 Å². The third kappa shape index (κ3) is 6.94. The lowest BCUT2D eigenvalue weighted by atomic mass is 10.1. The Morgan fingerprint density at radius 3 is 2.39 bits per heavy atom. The number of benzene rings is 3. The molecular formula is C27H22F3N3O4S. The molecule has 0 saturated heterocycles. The quantitative estimate of drug-likeness (QED) is 0.349. The van der Waals surface area contributed by atoms with Crippen molar-refractivity contribution in [2.45, 2.75) is 13.3 Å². The Morgan fingerprint density at radius 2 is 1.71 bits per heavy atom. The number of ether oxygens (including phenoxy) is 2. The molecule has 11 heteroatoms. The maximum atomic E-state index is 13.4. The minimum Gasteiger partial charge on any atom is -0.493 e. The summed E-state index contributed by atoms with van der Waals surface area (Å²) in [6, 6.07) is 21.0. The molecule has 7 nitrogen and oxygen atoms in total. The van der Waals surface area contributed by atoms with Crippen molar-refractivity contribution in [3.8, 4) is 11.5 Å². The average molecular weight is 542 g/mol. The van der Waals surface area contributed by atoms with E-state index in [0.29, 0.717) is 34.5 Å². The Balaban J connectivity index is 1.50. The van der Waals surface area contributed by atoms with E-state index in [1.54, 1.807) is 36.4 Å². The van der Waals surface area contributed by atoms with Gasteiger partial charge < -0.3 is 14.8 Å². The topological polar surface area (TPSA) is 80.2 Å². The number of amides is 2. The van der Waals surface area contributed by atoms with Crippen LogP contribution in [0.15, 0.2) is 89.6 Å². The van der Waals surface area contributed by atoms with Crippen LogP contribution < -0.4 is 19.7 Å². The number of halogens is 3. The predicted octanol–water partition coefficient (Wildman–Crippen LogP) is 6.10. The fourth-order valence-electron chi connectivity index (χ4n) is 3.50. The highest BCUT2D eigenvalue weighted by Crippen LogP contribution is 2.31. The molecule has 2 amide bonds. The second kappa shape index (κ2) is 11.9. The van der Waals surface area contributed by atoms with Crippen molar-refractivity contribution in [3.63, 3.8) is 0 Å². The number of rotatable bonds is 8. The highest BCUT2D eigenvalue weighted by molar-refractivity contribution is 8.14. The number of hydrogen-bond acceptors (Lipinski definition) is 6. The maximum absolute atomic E-state index is 13.4. The van der Waals surface area contributed by atoms with Crippen molar-refractivity contribution >= 4 is 46.2 Å². The fourth-order valence-corrected chi connectivity index (χ4v) is 4.31. The molecule has 1 aliphatic heterocycles. The van der Waals surface area contributed by atoms with E-state index >= 15 is 0 Å². The molecule has 0 bridgehead atoms. The summed E-state index contributed by atoms with van der Waals surface area (Å²) >= 11 is 1.06. The van der Waals surface area contributed by atoms with Gasteiger partial charge in [0.25, 0.3) is 5.91 Å². The van der Waals surface area contributed by atoms with Crippen LogP contribution in [0.1, 0.15) is 12.5 Å². The zero-order valence-corrected chi connectivity index (χ0v) is 20.9. The van der Waals surface area contributed by atoms with Gasteiger partial charge in [-0.15, -0.1) is 13.2 Å². The molecular weight excluding hydrogens is 519 g/mol.